The zero-order chi connectivity index (χ0) is 18.9. The Morgan fingerprint density at radius 3 is 2.46 bits per heavy atom. The number of non-ortho nitro benzene ring substituents is 1. The number of nitro groups is 2. The van der Waals surface area contributed by atoms with Gasteiger partial charge in [-0.3, -0.25) is 25.0 Å². The molecule has 2 aromatic carbocycles. The van der Waals surface area contributed by atoms with Crippen LogP contribution in [0.15, 0.2) is 53.4 Å². The minimum absolute atomic E-state index is 0.0516. The van der Waals surface area contributed by atoms with Gasteiger partial charge < -0.3 is 10.1 Å². The Hall–Kier alpha value is -3.14. The number of carbonyl (C=O) groups is 1. The van der Waals surface area contributed by atoms with E-state index in [1.807, 2.05) is 18.2 Å². The molecule has 0 bridgehead atoms. The van der Waals surface area contributed by atoms with Crippen LogP contribution in [0.1, 0.15) is 0 Å². The summed E-state index contributed by atoms with van der Waals surface area (Å²) in [4.78, 5) is 32.3. The fourth-order valence-electron chi connectivity index (χ4n) is 1.95. The van der Waals surface area contributed by atoms with E-state index < -0.39 is 15.5 Å². The summed E-state index contributed by atoms with van der Waals surface area (Å²) in [6.07, 6.45) is 0. The standard InChI is InChI=1S/C16H15N3O6S/c20-16(17-8-9-25-13-4-2-1-3-5-13)11-26-15-7-6-12(18(21)22)10-14(15)19(23)24/h1-7,10H,8-9,11H2,(H,17,20). The van der Waals surface area contributed by atoms with Crippen LogP contribution >= 0.6 is 11.8 Å². The molecule has 136 valence electrons. The van der Waals surface area contributed by atoms with E-state index in [4.69, 9.17) is 4.74 Å². The second-order valence-electron chi connectivity index (χ2n) is 4.97. The van der Waals surface area contributed by atoms with Crippen LogP contribution in [0.5, 0.6) is 5.75 Å². The van der Waals surface area contributed by atoms with Crippen LogP contribution in [-0.2, 0) is 4.79 Å². The van der Waals surface area contributed by atoms with Crippen LogP contribution in [0.2, 0.25) is 0 Å². The first kappa shape index (κ1) is 19.2. The highest BCUT2D eigenvalue weighted by molar-refractivity contribution is 8.00. The second kappa shape index (κ2) is 9.37. The molecule has 0 aliphatic carbocycles. The normalized spacial score (nSPS) is 10.2. The summed E-state index contributed by atoms with van der Waals surface area (Å²) in [5, 5.41) is 24.4. The molecule has 9 nitrogen and oxygen atoms in total. The molecule has 0 spiro atoms. The van der Waals surface area contributed by atoms with Crippen molar-refractivity contribution in [3.05, 3.63) is 68.8 Å². The SMILES string of the molecule is O=C(CSc1ccc([N+](=O)[O-])cc1[N+](=O)[O-])NCCOc1ccccc1. The Balaban J connectivity index is 1.81. The first-order chi connectivity index (χ1) is 12.5. The molecule has 0 saturated carbocycles. The zero-order valence-corrected chi connectivity index (χ0v) is 14.3. The van der Waals surface area contributed by atoms with Crippen molar-refractivity contribution in [2.75, 3.05) is 18.9 Å². The zero-order valence-electron chi connectivity index (χ0n) is 13.5. The summed E-state index contributed by atoms with van der Waals surface area (Å²) in [6.45, 7) is 0.578. The molecule has 10 heteroatoms. The Morgan fingerprint density at radius 2 is 1.81 bits per heavy atom. The molecular formula is C16H15N3O6S. The van der Waals surface area contributed by atoms with E-state index in [-0.39, 0.29) is 35.4 Å². The monoisotopic (exact) mass is 377 g/mol. The van der Waals surface area contributed by atoms with Gasteiger partial charge in [-0.2, -0.15) is 0 Å². The van der Waals surface area contributed by atoms with Gasteiger partial charge in [0.05, 0.1) is 33.1 Å². The molecule has 1 N–H and O–H groups in total. The summed E-state index contributed by atoms with van der Waals surface area (Å²) < 4.78 is 5.43. The predicted octanol–water partition coefficient (Wildman–Crippen LogP) is 2.79. The molecule has 2 aromatic rings. The van der Waals surface area contributed by atoms with Gasteiger partial charge in [0.15, 0.2) is 0 Å². The largest absolute Gasteiger partial charge is 0.492 e. The van der Waals surface area contributed by atoms with Crippen molar-refractivity contribution < 1.29 is 19.4 Å². The summed E-state index contributed by atoms with van der Waals surface area (Å²) in [7, 11) is 0. The first-order valence-corrected chi connectivity index (χ1v) is 8.46. The number of thioether (sulfide) groups is 1. The topological polar surface area (TPSA) is 125 Å². The van der Waals surface area contributed by atoms with Crippen LogP contribution in [0.4, 0.5) is 11.4 Å². The lowest BCUT2D eigenvalue weighted by Gasteiger charge is -2.07. The lowest BCUT2D eigenvalue weighted by atomic mass is 10.3. The highest BCUT2D eigenvalue weighted by Gasteiger charge is 2.20. The van der Waals surface area contributed by atoms with E-state index in [2.05, 4.69) is 5.32 Å². The second-order valence-corrected chi connectivity index (χ2v) is 5.98. The van der Waals surface area contributed by atoms with Gasteiger partial charge in [0.2, 0.25) is 5.91 Å². The molecule has 0 radical (unpaired) electrons. The number of benzene rings is 2. The average molecular weight is 377 g/mol. The maximum atomic E-state index is 11.8. The fourth-order valence-corrected chi connectivity index (χ4v) is 2.79. The number of rotatable bonds is 9. The summed E-state index contributed by atoms with van der Waals surface area (Å²) in [5.74, 6) is 0.321. The molecular weight excluding hydrogens is 362 g/mol. The highest BCUT2D eigenvalue weighted by Crippen LogP contribution is 2.32. The first-order valence-electron chi connectivity index (χ1n) is 7.47. The third-order valence-corrected chi connectivity index (χ3v) is 4.21. The van der Waals surface area contributed by atoms with E-state index in [9.17, 15) is 25.0 Å². The van der Waals surface area contributed by atoms with Gasteiger partial charge in [-0.1, -0.05) is 18.2 Å². The van der Waals surface area contributed by atoms with Crippen molar-refractivity contribution in [1.82, 2.24) is 5.32 Å². The smallest absolute Gasteiger partial charge is 0.289 e. The molecule has 1 amide bonds. The summed E-state index contributed by atoms with van der Waals surface area (Å²) in [5.41, 5.74) is -0.770. The van der Waals surface area contributed by atoms with Crippen molar-refractivity contribution in [2.45, 2.75) is 4.90 Å². The van der Waals surface area contributed by atoms with E-state index >= 15 is 0 Å². The molecule has 0 fully saturated rings. The lowest BCUT2D eigenvalue weighted by molar-refractivity contribution is -0.396. The number of carbonyl (C=O) groups excluding carboxylic acids is 1. The van der Waals surface area contributed by atoms with Crippen molar-refractivity contribution >= 4 is 29.0 Å². The van der Waals surface area contributed by atoms with Gasteiger partial charge >= 0.3 is 0 Å². The Labute approximate surface area is 152 Å². The molecule has 0 atom stereocenters. The molecule has 26 heavy (non-hydrogen) atoms. The van der Waals surface area contributed by atoms with E-state index in [1.165, 1.54) is 12.1 Å². The quantitative estimate of drug-likeness (QED) is 0.308. The number of nitro benzene ring substituents is 2. The molecule has 0 aliphatic heterocycles. The van der Waals surface area contributed by atoms with E-state index in [0.717, 1.165) is 17.8 Å². The Bertz CT molecular complexity index is 800. The molecule has 0 aliphatic rings. The van der Waals surface area contributed by atoms with Gasteiger partial charge in [-0.05, 0) is 18.2 Å². The Morgan fingerprint density at radius 1 is 1.08 bits per heavy atom. The number of hydrogen-bond acceptors (Lipinski definition) is 7. The fraction of sp³-hybridized carbons (Fsp3) is 0.188. The number of ether oxygens (including phenoxy) is 1. The van der Waals surface area contributed by atoms with E-state index in [1.54, 1.807) is 12.1 Å². The van der Waals surface area contributed by atoms with Crippen LogP contribution in [0, 0.1) is 20.2 Å². The number of nitrogens with one attached hydrogen (secondary N) is 1. The third-order valence-electron chi connectivity index (χ3n) is 3.14. The minimum Gasteiger partial charge on any atom is -0.492 e. The van der Waals surface area contributed by atoms with Crippen molar-refractivity contribution in [3.63, 3.8) is 0 Å². The maximum Gasteiger partial charge on any atom is 0.289 e. The van der Waals surface area contributed by atoms with Crippen LogP contribution in [0.3, 0.4) is 0 Å². The maximum absolute atomic E-state index is 11.8. The summed E-state index contributed by atoms with van der Waals surface area (Å²) >= 11 is 0.941. The van der Waals surface area contributed by atoms with Crippen molar-refractivity contribution in [3.8, 4) is 5.75 Å². The molecule has 0 aromatic heterocycles. The number of para-hydroxylation sites is 1. The lowest BCUT2D eigenvalue weighted by Crippen LogP contribution is -2.29. The molecule has 0 heterocycles. The summed E-state index contributed by atoms with van der Waals surface area (Å²) in [6, 6.07) is 12.4. The molecule has 0 saturated heterocycles. The number of amides is 1. The number of hydrogen-bond donors (Lipinski definition) is 1. The number of nitrogens with zero attached hydrogens (tertiary/aromatic N) is 2. The van der Waals surface area contributed by atoms with Gasteiger partial charge in [0.25, 0.3) is 11.4 Å². The third kappa shape index (κ3) is 5.74. The Kier molecular flexibility index (Phi) is 6.92. The van der Waals surface area contributed by atoms with Crippen molar-refractivity contribution in [2.24, 2.45) is 0 Å². The van der Waals surface area contributed by atoms with Crippen LogP contribution < -0.4 is 10.1 Å². The van der Waals surface area contributed by atoms with Gasteiger partial charge in [-0.25, -0.2) is 0 Å². The van der Waals surface area contributed by atoms with Gasteiger partial charge in [0.1, 0.15) is 12.4 Å². The van der Waals surface area contributed by atoms with Crippen LogP contribution in [0.25, 0.3) is 0 Å². The van der Waals surface area contributed by atoms with Gasteiger partial charge in [-0.15, -0.1) is 11.8 Å². The van der Waals surface area contributed by atoms with Crippen molar-refractivity contribution in [1.29, 1.82) is 0 Å². The van der Waals surface area contributed by atoms with Gasteiger partial charge in [0, 0.05) is 6.07 Å². The highest BCUT2D eigenvalue weighted by atomic mass is 32.2. The molecule has 0 unspecified atom stereocenters. The van der Waals surface area contributed by atoms with Crippen LogP contribution in [-0.4, -0.2) is 34.7 Å². The van der Waals surface area contributed by atoms with E-state index in [0.29, 0.717) is 5.75 Å². The molecule has 2 rings (SSSR count). The average Bonchev–Trinajstić information content (AvgIpc) is 2.64. The predicted molar refractivity (Wildman–Crippen MR) is 95.4 cm³/mol. The minimum atomic E-state index is -0.707.